The van der Waals surface area contributed by atoms with E-state index in [1.54, 1.807) is 6.26 Å². The van der Waals surface area contributed by atoms with E-state index >= 15 is 0 Å². The molecule has 3 nitrogen and oxygen atoms in total. The van der Waals surface area contributed by atoms with Gasteiger partial charge in [0.2, 0.25) is 0 Å². The molecular formula is C17H23NO2. The normalized spacial score (nSPS) is 11.0. The van der Waals surface area contributed by atoms with Crippen molar-refractivity contribution < 1.29 is 9.15 Å². The van der Waals surface area contributed by atoms with Crippen molar-refractivity contribution in [2.75, 3.05) is 6.54 Å². The summed E-state index contributed by atoms with van der Waals surface area (Å²) in [6.07, 6.45) is 1.79. The van der Waals surface area contributed by atoms with Crippen molar-refractivity contribution in [3.63, 3.8) is 0 Å². The molecule has 2 rings (SSSR count). The van der Waals surface area contributed by atoms with Gasteiger partial charge in [-0.1, -0.05) is 39.0 Å². The van der Waals surface area contributed by atoms with Crippen molar-refractivity contribution >= 4 is 0 Å². The molecule has 0 aliphatic carbocycles. The van der Waals surface area contributed by atoms with Gasteiger partial charge in [-0.3, -0.25) is 0 Å². The van der Waals surface area contributed by atoms with Crippen LogP contribution in [0, 0.1) is 0 Å². The van der Waals surface area contributed by atoms with Crippen molar-refractivity contribution in [2.24, 2.45) is 0 Å². The molecule has 1 aromatic heterocycles. The van der Waals surface area contributed by atoms with Gasteiger partial charge < -0.3 is 14.5 Å². The monoisotopic (exact) mass is 273 g/mol. The van der Waals surface area contributed by atoms with Gasteiger partial charge in [0.1, 0.15) is 18.1 Å². The van der Waals surface area contributed by atoms with Gasteiger partial charge in [0, 0.05) is 12.1 Å². The molecule has 0 bridgehead atoms. The summed E-state index contributed by atoms with van der Waals surface area (Å²) in [5.74, 6) is 2.25. The third kappa shape index (κ3) is 3.87. The molecule has 0 amide bonds. The number of furan rings is 1. The minimum Gasteiger partial charge on any atom is -0.485 e. The molecule has 0 saturated carbocycles. The lowest BCUT2D eigenvalue weighted by Crippen LogP contribution is -2.10. The molecular weight excluding hydrogens is 250 g/mol. The Labute approximate surface area is 121 Å². The van der Waals surface area contributed by atoms with Crippen LogP contribution >= 0.6 is 0 Å². The van der Waals surface area contributed by atoms with E-state index in [1.165, 1.54) is 5.56 Å². The highest BCUT2D eigenvalue weighted by molar-refractivity contribution is 5.35. The quantitative estimate of drug-likeness (QED) is 0.825. The van der Waals surface area contributed by atoms with Crippen LogP contribution in [0.5, 0.6) is 5.75 Å². The van der Waals surface area contributed by atoms with Gasteiger partial charge in [-0.2, -0.15) is 0 Å². The van der Waals surface area contributed by atoms with Crippen LogP contribution in [-0.2, 0) is 13.2 Å². The fraction of sp³-hybridized carbons (Fsp3) is 0.412. The van der Waals surface area contributed by atoms with E-state index in [0.717, 1.165) is 30.2 Å². The topological polar surface area (TPSA) is 34.4 Å². The number of hydrogen-bond acceptors (Lipinski definition) is 3. The van der Waals surface area contributed by atoms with E-state index in [-0.39, 0.29) is 0 Å². The molecule has 0 fully saturated rings. The van der Waals surface area contributed by atoms with Crippen LogP contribution in [0.25, 0.3) is 0 Å². The zero-order valence-electron chi connectivity index (χ0n) is 12.5. The van der Waals surface area contributed by atoms with Crippen molar-refractivity contribution in [1.82, 2.24) is 5.32 Å². The summed E-state index contributed by atoms with van der Waals surface area (Å²) in [6.45, 7) is 8.69. The zero-order chi connectivity index (χ0) is 14.4. The van der Waals surface area contributed by atoms with E-state index in [1.807, 2.05) is 24.3 Å². The Morgan fingerprint density at radius 2 is 2.05 bits per heavy atom. The Morgan fingerprint density at radius 3 is 2.80 bits per heavy atom. The molecule has 20 heavy (non-hydrogen) atoms. The third-order valence-electron chi connectivity index (χ3n) is 3.20. The number of ether oxygens (including phenoxy) is 1. The highest BCUT2D eigenvalue weighted by Crippen LogP contribution is 2.26. The molecule has 0 spiro atoms. The van der Waals surface area contributed by atoms with E-state index < -0.39 is 0 Å². The molecule has 2 aromatic rings. The van der Waals surface area contributed by atoms with Crippen LogP contribution in [0.2, 0.25) is 0 Å². The lowest BCUT2D eigenvalue weighted by atomic mass is 10.0. The number of para-hydroxylation sites is 1. The van der Waals surface area contributed by atoms with Crippen LogP contribution in [0.4, 0.5) is 0 Å². The molecule has 0 atom stereocenters. The van der Waals surface area contributed by atoms with E-state index in [2.05, 4.69) is 32.2 Å². The van der Waals surface area contributed by atoms with E-state index in [0.29, 0.717) is 12.5 Å². The molecule has 0 aliphatic rings. The maximum absolute atomic E-state index is 5.89. The first-order valence-corrected chi connectivity index (χ1v) is 7.19. The van der Waals surface area contributed by atoms with Gasteiger partial charge in [0.15, 0.2) is 0 Å². The Balaban J connectivity index is 1.96. The summed E-state index contributed by atoms with van der Waals surface area (Å²) in [6, 6.07) is 10.2. The average molecular weight is 273 g/mol. The second-order valence-electron chi connectivity index (χ2n) is 5.18. The second-order valence-corrected chi connectivity index (χ2v) is 5.18. The summed E-state index contributed by atoms with van der Waals surface area (Å²) in [5, 5.41) is 3.27. The smallest absolute Gasteiger partial charge is 0.146 e. The maximum Gasteiger partial charge on any atom is 0.146 e. The Bertz CT molecular complexity index is 531. The van der Waals surface area contributed by atoms with Crippen LogP contribution in [0.15, 0.2) is 41.0 Å². The first-order chi connectivity index (χ1) is 9.70. The van der Waals surface area contributed by atoms with Crippen LogP contribution in [0.3, 0.4) is 0 Å². The van der Waals surface area contributed by atoms with Gasteiger partial charge in [-0.15, -0.1) is 0 Å². The van der Waals surface area contributed by atoms with Crippen molar-refractivity contribution in [3.05, 3.63) is 53.5 Å². The third-order valence-corrected chi connectivity index (χ3v) is 3.20. The molecule has 0 saturated heterocycles. The first kappa shape index (κ1) is 14.7. The summed E-state index contributed by atoms with van der Waals surface area (Å²) < 4.78 is 11.4. The van der Waals surface area contributed by atoms with Crippen LogP contribution in [0.1, 0.15) is 43.6 Å². The average Bonchev–Trinajstić information content (AvgIpc) is 2.91. The zero-order valence-corrected chi connectivity index (χ0v) is 12.5. The Hall–Kier alpha value is -1.74. The fourth-order valence-electron chi connectivity index (χ4n) is 2.10. The number of rotatable bonds is 7. The number of nitrogens with one attached hydrogen (secondary N) is 1. The fourth-order valence-corrected chi connectivity index (χ4v) is 2.10. The first-order valence-electron chi connectivity index (χ1n) is 7.19. The van der Waals surface area contributed by atoms with Gasteiger partial charge in [-0.05, 0) is 30.2 Å². The molecule has 1 N–H and O–H groups in total. The predicted molar refractivity (Wildman–Crippen MR) is 81.0 cm³/mol. The standard InChI is InChI=1S/C17H23NO2/c1-4-18-10-14-9-15(19-11-14)12-20-17-8-6-5-7-16(17)13(2)3/h5-9,11,13,18H,4,10,12H2,1-3H3. The highest BCUT2D eigenvalue weighted by Gasteiger charge is 2.08. The lowest BCUT2D eigenvalue weighted by Gasteiger charge is -2.12. The van der Waals surface area contributed by atoms with Crippen LogP contribution in [-0.4, -0.2) is 6.54 Å². The van der Waals surface area contributed by atoms with E-state index in [9.17, 15) is 0 Å². The minimum absolute atomic E-state index is 0.451. The van der Waals surface area contributed by atoms with Crippen molar-refractivity contribution in [2.45, 2.75) is 39.8 Å². The summed E-state index contributed by atoms with van der Waals surface area (Å²) in [4.78, 5) is 0. The van der Waals surface area contributed by atoms with Gasteiger partial charge in [-0.25, -0.2) is 0 Å². The molecule has 0 unspecified atom stereocenters. The largest absolute Gasteiger partial charge is 0.485 e. The molecule has 1 aromatic carbocycles. The molecule has 1 heterocycles. The highest BCUT2D eigenvalue weighted by atomic mass is 16.5. The van der Waals surface area contributed by atoms with Gasteiger partial charge in [0.25, 0.3) is 0 Å². The van der Waals surface area contributed by atoms with Gasteiger partial charge >= 0.3 is 0 Å². The van der Waals surface area contributed by atoms with Crippen molar-refractivity contribution in [3.8, 4) is 5.75 Å². The predicted octanol–water partition coefficient (Wildman–Crippen LogP) is 4.09. The molecule has 0 radical (unpaired) electrons. The molecule has 0 aliphatic heterocycles. The summed E-state index contributed by atoms with van der Waals surface area (Å²) in [5.41, 5.74) is 2.38. The van der Waals surface area contributed by atoms with Crippen molar-refractivity contribution in [1.29, 1.82) is 0 Å². The van der Waals surface area contributed by atoms with E-state index in [4.69, 9.17) is 9.15 Å². The number of hydrogen-bond donors (Lipinski definition) is 1. The number of benzene rings is 1. The maximum atomic E-state index is 5.89. The van der Waals surface area contributed by atoms with Crippen LogP contribution < -0.4 is 10.1 Å². The van der Waals surface area contributed by atoms with Gasteiger partial charge in [0.05, 0.1) is 6.26 Å². The Morgan fingerprint density at radius 1 is 1.25 bits per heavy atom. The molecule has 3 heteroatoms. The Kier molecular flexibility index (Phi) is 5.24. The SMILES string of the molecule is CCNCc1coc(COc2ccccc2C(C)C)c1. The second kappa shape index (κ2) is 7.15. The summed E-state index contributed by atoms with van der Waals surface area (Å²) in [7, 11) is 0. The molecule has 108 valence electrons. The summed E-state index contributed by atoms with van der Waals surface area (Å²) >= 11 is 0. The minimum atomic E-state index is 0.451. The lowest BCUT2D eigenvalue weighted by molar-refractivity contribution is 0.267.